The normalized spacial score (nSPS) is 10.1. The molecule has 6 heteroatoms. The summed E-state index contributed by atoms with van der Waals surface area (Å²) in [5, 5.41) is 5.07. The van der Waals surface area contributed by atoms with Crippen LogP contribution in [0.25, 0.3) is 0 Å². The topological polar surface area (TPSA) is 68.3 Å². The van der Waals surface area contributed by atoms with Crippen LogP contribution in [0.15, 0.2) is 17.5 Å². The molecule has 1 aromatic heterocycles. The van der Waals surface area contributed by atoms with E-state index in [4.69, 9.17) is 4.74 Å². The molecule has 1 heterocycles. The van der Waals surface area contributed by atoms with Gasteiger partial charge in [-0.05, 0) is 31.9 Å². The molecule has 0 spiro atoms. The summed E-state index contributed by atoms with van der Waals surface area (Å²) in [6.07, 6.45) is 0. The van der Waals surface area contributed by atoms with E-state index in [2.05, 4.69) is 10.3 Å². The molecule has 1 aromatic carbocycles. The quantitative estimate of drug-likeness (QED) is 0.755. The van der Waals surface area contributed by atoms with Gasteiger partial charge >= 0.3 is 0 Å². The molecule has 1 N–H and O–H groups in total. The zero-order chi connectivity index (χ0) is 19.1. The number of nitrogens with one attached hydrogen (secondary N) is 1. The van der Waals surface area contributed by atoms with Gasteiger partial charge in [-0.3, -0.25) is 9.59 Å². The van der Waals surface area contributed by atoms with E-state index in [1.54, 1.807) is 19.2 Å². The molecule has 5 nitrogen and oxygen atoms in total. The van der Waals surface area contributed by atoms with E-state index in [1.165, 1.54) is 18.3 Å². The Morgan fingerprint density at radius 2 is 1.88 bits per heavy atom. The Kier molecular flexibility index (Phi) is 7.77. The van der Waals surface area contributed by atoms with Crippen molar-refractivity contribution >= 4 is 28.7 Å². The van der Waals surface area contributed by atoms with E-state index >= 15 is 0 Å². The number of hydrogen-bond acceptors (Lipinski definition) is 5. The Balaban J connectivity index is 0.00000151. The maximum atomic E-state index is 12.5. The van der Waals surface area contributed by atoms with E-state index in [1.807, 2.05) is 40.0 Å². The van der Waals surface area contributed by atoms with Gasteiger partial charge in [0.05, 0.1) is 18.5 Å². The maximum Gasteiger partial charge on any atom is 0.284 e. The average molecular weight is 362 g/mol. The highest BCUT2D eigenvalue weighted by Gasteiger charge is 2.19. The van der Waals surface area contributed by atoms with Gasteiger partial charge in [-0.15, -0.1) is 11.3 Å². The van der Waals surface area contributed by atoms with Crippen molar-refractivity contribution < 1.29 is 14.3 Å². The van der Waals surface area contributed by atoms with Crippen LogP contribution in [0.4, 0.5) is 5.69 Å². The molecule has 0 bridgehead atoms. The van der Waals surface area contributed by atoms with Crippen LogP contribution in [0.2, 0.25) is 0 Å². The molecule has 1 amide bonds. The first-order valence-electron chi connectivity index (χ1n) is 8.30. The minimum Gasteiger partial charge on any atom is -0.496 e. The Hall–Kier alpha value is -2.21. The Morgan fingerprint density at radius 3 is 2.36 bits per heavy atom. The fourth-order valence-electron chi connectivity index (χ4n) is 2.19. The van der Waals surface area contributed by atoms with E-state index in [9.17, 15) is 9.59 Å². The molecule has 2 aromatic rings. The third kappa shape index (κ3) is 4.89. The van der Waals surface area contributed by atoms with Crippen LogP contribution in [0.3, 0.4) is 0 Å². The number of ether oxygens (including phenoxy) is 1. The molecule has 0 unspecified atom stereocenters. The summed E-state index contributed by atoms with van der Waals surface area (Å²) in [5.74, 6) is 0.445. The van der Waals surface area contributed by atoms with Crippen molar-refractivity contribution in [3.63, 3.8) is 0 Å². The molecule has 0 radical (unpaired) electrons. The lowest BCUT2D eigenvalue weighted by Gasteiger charge is -2.14. The van der Waals surface area contributed by atoms with Crippen LogP contribution < -0.4 is 10.1 Å². The number of Topliss-reactive ketones (excluding diaryl/α,β-unsaturated/α-hetero) is 1. The standard InChI is InChI=1S/C17H20N2O3S.C2H6/c1-9(2)13-8-23-17(18-13)16(21)19-15-10(3)14(22-5)7-6-12(15)11(4)20;1-2/h6-9H,1-5H3,(H,19,21);1-2H3. The summed E-state index contributed by atoms with van der Waals surface area (Å²) in [7, 11) is 1.55. The van der Waals surface area contributed by atoms with Gasteiger partial charge in [0.15, 0.2) is 10.8 Å². The molecule has 136 valence electrons. The molecule has 25 heavy (non-hydrogen) atoms. The number of aromatic nitrogens is 1. The SMILES string of the molecule is CC.COc1ccc(C(C)=O)c(NC(=O)c2nc(C(C)C)cs2)c1C. The van der Waals surface area contributed by atoms with Crippen molar-refractivity contribution in [2.24, 2.45) is 0 Å². The molecular formula is C19H26N2O3S. The highest BCUT2D eigenvalue weighted by molar-refractivity contribution is 7.11. The number of amides is 1. The van der Waals surface area contributed by atoms with Gasteiger partial charge in [-0.2, -0.15) is 0 Å². The summed E-state index contributed by atoms with van der Waals surface area (Å²) >= 11 is 1.30. The van der Waals surface area contributed by atoms with Crippen LogP contribution in [0, 0.1) is 6.92 Å². The molecular weight excluding hydrogens is 336 g/mol. The van der Waals surface area contributed by atoms with Crippen molar-refractivity contribution in [2.75, 3.05) is 12.4 Å². The summed E-state index contributed by atoms with van der Waals surface area (Å²) in [4.78, 5) is 28.6. The third-order valence-corrected chi connectivity index (χ3v) is 4.42. The Labute approximate surface area is 153 Å². The molecule has 2 rings (SSSR count). The molecule has 0 saturated heterocycles. The summed E-state index contributed by atoms with van der Waals surface area (Å²) in [6, 6.07) is 3.38. The monoisotopic (exact) mass is 362 g/mol. The van der Waals surface area contributed by atoms with Gasteiger partial charge in [0, 0.05) is 16.5 Å². The fourth-order valence-corrected chi connectivity index (χ4v) is 3.06. The van der Waals surface area contributed by atoms with Crippen LogP contribution in [0.1, 0.15) is 72.0 Å². The Bertz CT molecular complexity index is 751. The smallest absolute Gasteiger partial charge is 0.284 e. The third-order valence-electron chi connectivity index (χ3n) is 3.56. The predicted octanol–water partition coefficient (Wildman–Crippen LogP) is 5.06. The van der Waals surface area contributed by atoms with E-state index in [0.29, 0.717) is 27.6 Å². The number of benzene rings is 1. The highest BCUT2D eigenvalue weighted by atomic mass is 32.1. The molecule has 0 aliphatic carbocycles. The summed E-state index contributed by atoms with van der Waals surface area (Å²) in [6.45, 7) is 11.3. The van der Waals surface area contributed by atoms with Crippen molar-refractivity contribution in [1.82, 2.24) is 4.98 Å². The second-order valence-electron chi connectivity index (χ2n) is 5.56. The van der Waals surface area contributed by atoms with Gasteiger partial charge in [0.2, 0.25) is 0 Å². The molecule has 0 atom stereocenters. The van der Waals surface area contributed by atoms with Gasteiger partial charge < -0.3 is 10.1 Å². The zero-order valence-electron chi connectivity index (χ0n) is 15.9. The van der Waals surface area contributed by atoms with Crippen molar-refractivity contribution in [3.8, 4) is 5.75 Å². The Morgan fingerprint density at radius 1 is 1.24 bits per heavy atom. The number of anilines is 1. The first kappa shape index (κ1) is 20.8. The lowest BCUT2D eigenvalue weighted by molar-refractivity contribution is 0.101. The van der Waals surface area contributed by atoms with Crippen LogP contribution in [-0.2, 0) is 0 Å². The molecule has 0 aliphatic heterocycles. The zero-order valence-corrected chi connectivity index (χ0v) is 16.7. The van der Waals surface area contributed by atoms with E-state index in [0.717, 1.165) is 5.69 Å². The maximum absolute atomic E-state index is 12.5. The number of nitrogens with zero attached hydrogens (tertiary/aromatic N) is 1. The first-order chi connectivity index (χ1) is 11.8. The largest absolute Gasteiger partial charge is 0.496 e. The predicted molar refractivity (Wildman–Crippen MR) is 103 cm³/mol. The number of rotatable bonds is 5. The first-order valence-corrected chi connectivity index (χ1v) is 9.18. The van der Waals surface area contributed by atoms with Gasteiger partial charge in [-0.1, -0.05) is 27.7 Å². The minimum atomic E-state index is -0.319. The summed E-state index contributed by atoms with van der Waals surface area (Å²) < 4.78 is 5.27. The lowest BCUT2D eigenvalue weighted by atomic mass is 10.0. The van der Waals surface area contributed by atoms with Gasteiger partial charge in [-0.25, -0.2) is 4.98 Å². The van der Waals surface area contributed by atoms with Crippen LogP contribution in [0.5, 0.6) is 5.75 Å². The van der Waals surface area contributed by atoms with E-state index in [-0.39, 0.29) is 17.6 Å². The number of carbonyl (C=O) groups is 2. The lowest BCUT2D eigenvalue weighted by Crippen LogP contribution is -2.16. The number of carbonyl (C=O) groups excluding carboxylic acids is 2. The number of thiazole rings is 1. The highest BCUT2D eigenvalue weighted by Crippen LogP contribution is 2.30. The van der Waals surface area contributed by atoms with Crippen molar-refractivity contribution in [3.05, 3.63) is 39.3 Å². The van der Waals surface area contributed by atoms with Gasteiger partial charge in [0.1, 0.15) is 5.75 Å². The van der Waals surface area contributed by atoms with E-state index < -0.39 is 0 Å². The minimum absolute atomic E-state index is 0.118. The second kappa shape index (κ2) is 9.32. The molecule has 0 saturated carbocycles. The van der Waals surface area contributed by atoms with Crippen molar-refractivity contribution in [2.45, 2.75) is 47.5 Å². The fraction of sp³-hybridized carbons (Fsp3) is 0.421. The second-order valence-corrected chi connectivity index (χ2v) is 6.42. The molecule has 0 fully saturated rings. The van der Waals surface area contributed by atoms with Crippen LogP contribution in [-0.4, -0.2) is 23.8 Å². The van der Waals surface area contributed by atoms with Crippen molar-refractivity contribution in [1.29, 1.82) is 0 Å². The summed E-state index contributed by atoms with van der Waals surface area (Å²) in [5.41, 5.74) is 2.53. The van der Waals surface area contributed by atoms with Crippen LogP contribution >= 0.6 is 11.3 Å². The number of methoxy groups -OCH3 is 1. The molecule has 0 aliphatic rings. The number of ketones is 1. The average Bonchev–Trinajstić information content (AvgIpc) is 3.08. The number of hydrogen-bond donors (Lipinski definition) is 1. The van der Waals surface area contributed by atoms with Gasteiger partial charge in [0.25, 0.3) is 5.91 Å².